The van der Waals surface area contributed by atoms with Crippen molar-refractivity contribution < 1.29 is 14.3 Å². The lowest BCUT2D eigenvalue weighted by molar-refractivity contribution is -0.119. The molecule has 0 aliphatic heterocycles. The first-order valence-corrected chi connectivity index (χ1v) is 8.08. The van der Waals surface area contributed by atoms with Crippen LogP contribution < -0.4 is 5.32 Å². The Morgan fingerprint density at radius 2 is 1.79 bits per heavy atom. The van der Waals surface area contributed by atoms with Gasteiger partial charge in [0.1, 0.15) is 0 Å². The summed E-state index contributed by atoms with van der Waals surface area (Å²) in [6.07, 6.45) is 0. The molecule has 0 saturated heterocycles. The lowest BCUT2D eigenvalue weighted by Gasteiger charge is -2.10. The van der Waals surface area contributed by atoms with Gasteiger partial charge in [0.2, 0.25) is 0 Å². The highest BCUT2D eigenvalue weighted by molar-refractivity contribution is 6.31. The summed E-state index contributed by atoms with van der Waals surface area (Å²) in [5.41, 5.74) is 2.93. The van der Waals surface area contributed by atoms with Crippen molar-refractivity contribution in [3.63, 3.8) is 0 Å². The lowest BCUT2D eigenvalue weighted by atomic mass is 10.0. The fraction of sp³-hybridized carbons (Fsp3) is 0.263. The second-order valence-corrected chi connectivity index (χ2v) is 6.22. The first kappa shape index (κ1) is 18.0. The number of hydrogen-bond donors (Lipinski definition) is 1. The zero-order chi connectivity index (χ0) is 17.7. The molecule has 2 aromatic carbocycles. The summed E-state index contributed by atoms with van der Waals surface area (Å²) in [6, 6.07) is 12.4. The fourth-order valence-corrected chi connectivity index (χ4v) is 2.32. The second kappa shape index (κ2) is 7.97. The molecular formula is C19H20ClNO3. The molecule has 2 aromatic rings. The summed E-state index contributed by atoms with van der Waals surface area (Å²) in [4.78, 5) is 23.9. The third-order valence-electron chi connectivity index (χ3n) is 3.69. The quantitative estimate of drug-likeness (QED) is 0.808. The number of anilines is 1. The van der Waals surface area contributed by atoms with Crippen LogP contribution >= 0.6 is 11.6 Å². The van der Waals surface area contributed by atoms with Crippen LogP contribution in [0.3, 0.4) is 0 Å². The standard InChI is InChI=1S/C19H20ClNO3/c1-12(2)14-7-9-15(10-8-14)19(23)24-11-18(22)21-17-6-4-5-16(20)13(17)3/h4-10,12H,11H2,1-3H3,(H,21,22). The SMILES string of the molecule is Cc1c(Cl)cccc1NC(=O)COC(=O)c1ccc(C(C)C)cc1. The second-order valence-electron chi connectivity index (χ2n) is 5.81. The Bertz CT molecular complexity index is 739. The smallest absolute Gasteiger partial charge is 0.338 e. The van der Waals surface area contributed by atoms with E-state index in [1.165, 1.54) is 0 Å². The molecule has 24 heavy (non-hydrogen) atoms. The predicted octanol–water partition coefficient (Wildman–Crippen LogP) is 4.57. The van der Waals surface area contributed by atoms with E-state index in [0.29, 0.717) is 22.2 Å². The molecule has 0 unspecified atom stereocenters. The molecule has 0 radical (unpaired) electrons. The molecule has 0 fully saturated rings. The van der Waals surface area contributed by atoms with Crippen LogP contribution in [0.15, 0.2) is 42.5 Å². The summed E-state index contributed by atoms with van der Waals surface area (Å²) >= 11 is 6.00. The zero-order valence-electron chi connectivity index (χ0n) is 13.9. The Balaban J connectivity index is 1.91. The highest BCUT2D eigenvalue weighted by atomic mass is 35.5. The van der Waals surface area contributed by atoms with Gasteiger partial charge >= 0.3 is 5.97 Å². The van der Waals surface area contributed by atoms with Crippen LogP contribution in [0.5, 0.6) is 0 Å². The van der Waals surface area contributed by atoms with Gasteiger partial charge in [-0.1, -0.05) is 43.6 Å². The Morgan fingerprint density at radius 1 is 1.12 bits per heavy atom. The summed E-state index contributed by atoms with van der Waals surface area (Å²) < 4.78 is 5.05. The van der Waals surface area contributed by atoms with Crippen molar-refractivity contribution >= 4 is 29.2 Å². The van der Waals surface area contributed by atoms with E-state index in [4.69, 9.17) is 16.3 Å². The summed E-state index contributed by atoms with van der Waals surface area (Å²) in [7, 11) is 0. The maximum atomic E-state index is 12.0. The van der Waals surface area contributed by atoms with Gasteiger partial charge in [-0.15, -0.1) is 0 Å². The number of halogens is 1. The molecule has 0 spiro atoms. The van der Waals surface area contributed by atoms with Crippen molar-refractivity contribution in [1.82, 2.24) is 0 Å². The minimum Gasteiger partial charge on any atom is -0.452 e. The summed E-state index contributed by atoms with van der Waals surface area (Å²) in [5, 5.41) is 3.25. The van der Waals surface area contributed by atoms with E-state index in [1.54, 1.807) is 37.3 Å². The molecule has 0 saturated carbocycles. The Morgan fingerprint density at radius 3 is 2.42 bits per heavy atom. The van der Waals surface area contributed by atoms with Gasteiger partial charge in [-0.05, 0) is 48.2 Å². The maximum Gasteiger partial charge on any atom is 0.338 e. The molecule has 0 aliphatic carbocycles. The molecular weight excluding hydrogens is 326 g/mol. The van der Waals surface area contributed by atoms with Crippen molar-refractivity contribution in [3.05, 3.63) is 64.2 Å². The van der Waals surface area contributed by atoms with Crippen molar-refractivity contribution in [3.8, 4) is 0 Å². The van der Waals surface area contributed by atoms with E-state index in [2.05, 4.69) is 19.2 Å². The van der Waals surface area contributed by atoms with E-state index in [0.717, 1.165) is 11.1 Å². The van der Waals surface area contributed by atoms with Crippen molar-refractivity contribution in [1.29, 1.82) is 0 Å². The normalized spacial score (nSPS) is 10.5. The first-order chi connectivity index (χ1) is 11.4. The molecule has 1 N–H and O–H groups in total. The number of amides is 1. The number of esters is 1. The molecule has 0 heterocycles. The molecule has 1 amide bonds. The number of carbonyl (C=O) groups excluding carboxylic acids is 2. The molecule has 2 rings (SSSR count). The number of nitrogens with one attached hydrogen (secondary N) is 1. The van der Waals surface area contributed by atoms with Crippen LogP contribution in [0.2, 0.25) is 5.02 Å². The van der Waals surface area contributed by atoms with Crippen LogP contribution in [-0.2, 0) is 9.53 Å². The van der Waals surface area contributed by atoms with Gasteiger partial charge < -0.3 is 10.1 Å². The Labute approximate surface area is 146 Å². The molecule has 126 valence electrons. The molecule has 0 aromatic heterocycles. The van der Waals surface area contributed by atoms with Crippen molar-refractivity contribution in [2.24, 2.45) is 0 Å². The minimum atomic E-state index is -0.525. The number of carbonyl (C=O) groups is 2. The Kier molecular flexibility index (Phi) is 5.99. The molecule has 0 bridgehead atoms. The van der Waals surface area contributed by atoms with Gasteiger partial charge in [0.15, 0.2) is 6.61 Å². The minimum absolute atomic E-state index is 0.350. The average molecular weight is 346 g/mol. The van der Waals surface area contributed by atoms with Gasteiger partial charge in [-0.25, -0.2) is 4.79 Å². The molecule has 0 atom stereocenters. The van der Waals surface area contributed by atoms with Crippen LogP contribution in [0.1, 0.15) is 41.3 Å². The molecule has 4 nitrogen and oxygen atoms in total. The van der Waals surface area contributed by atoms with E-state index in [-0.39, 0.29) is 6.61 Å². The third kappa shape index (κ3) is 4.59. The van der Waals surface area contributed by atoms with E-state index < -0.39 is 11.9 Å². The van der Waals surface area contributed by atoms with Gasteiger partial charge in [0.25, 0.3) is 5.91 Å². The number of benzene rings is 2. The largest absolute Gasteiger partial charge is 0.452 e. The van der Waals surface area contributed by atoms with Gasteiger partial charge in [0, 0.05) is 10.7 Å². The first-order valence-electron chi connectivity index (χ1n) is 7.70. The monoisotopic (exact) mass is 345 g/mol. The van der Waals surface area contributed by atoms with Crippen LogP contribution in [0, 0.1) is 6.92 Å². The van der Waals surface area contributed by atoms with Crippen molar-refractivity contribution in [2.75, 3.05) is 11.9 Å². The third-order valence-corrected chi connectivity index (χ3v) is 4.10. The molecule has 0 aliphatic rings. The van der Waals surface area contributed by atoms with Gasteiger partial charge in [0.05, 0.1) is 5.56 Å². The number of hydrogen-bond acceptors (Lipinski definition) is 3. The lowest BCUT2D eigenvalue weighted by Crippen LogP contribution is -2.21. The Hall–Kier alpha value is -2.33. The van der Waals surface area contributed by atoms with Gasteiger partial charge in [-0.2, -0.15) is 0 Å². The highest BCUT2D eigenvalue weighted by Gasteiger charge is 2.12. The van der Waals surface area contributed by atoms with Crippen LogP contribution in [0.4, 0.5) is 5.69 Å². The summed E-state index contributed by atoms with van der Waals surface area (Å²) in [5.74, 6) is -0.544. The summed E-state index contributed by atoms with van der Waals surface area (Å²) in [6.45, 7) is 5.61. The van der Waals surface area contributed by atoms with Crippen LogP contribution in [-0.4, -0.2) is 18.5 Å². The predicted molar refractivity (Wildman–Crippen MR) is 95.6 cm³/mol. The van der Waals surface area contributed by atoms with Crippen molar-refractivity contribution in [2.45, 2.75) is 26.7 Å². The maximum absolute atomic E-state index is 12.0. The van der Waals surface area contributed by atoms with E-state index in [9.17, 15) is 9.59 Å². The number of ether oxygens (including phenoxy) is 1. The van der Waals surface area contributed by atoms with E-state index in [1.807, 2.05) is 12.1 Å². The van der Waals surface area contributed by atoms with Gasteiger partial charge in [-0.3, -0.25) is 4.79 Å². The van der Waals surface area contributed by atoms with Crippen LogP contribution in [0.25, 0.3) is 0 Å². The molecule has 5 heteroatoms. The highest BCUT2D eigenvalue weighted by Crippen LogP contribution is 2.22. The van der Waals surface area contributed by atoms with E-state index >= 15 is 0 Å². The fourth-order valence-electron chi connectivity index (χ4n) is 2.15. The average Bonchev–Trinajstić information content (AvgIpc) is 2.57. The number of rotatable bonds is 5. The topological polar surface area (TPSA) is 55.4 Å². The zero-order valence-corrected chi connectivity index (χ0v) is 14.7.